The maximum absolute atomic E-state index is 9.17. The Morgan fingerprint density at radius 1 is 0.714 bits per heavy atom. The van der Waals surface area contributed by atoms with Crippen LogP contribution in [0.4, 0.5) is 11.4 Å². The molecule has 1 heteroatoms. The van der Waals surface area contributed by atoms with Gasteiger partial charge in [0.1, 0.15) is 0 Å². The molecule has 0 aliphatic heterocycles. The number of benzene rings is 4. The fourth-order valence-corrected chi connectivity index (χ4v) is 5.66. The predicted molar refractivity (Wildman–Crippen MR) is 152 cm³/mol. The molecule has 1 aliphatic rings. The van der Waals surface area contributed by atoms with Gasteiger partial charge in [0.2, 0.25) is 0 Å². The summed E-state index contributed by atoms with van der Waals surface area (Å²) in [6, 6.07) is 32.8. The standard InChI is InChI=1S/C34H37N/c1-23(2)28-21-29-27-18-11-12-19-30(27)34(6,7)31(29)22-32(28)35(33(3,4)5)26-17-13-16-25(20-26)24-14-9-8-10-15-24/h8-23H,1-7H3/i23D. The van der Waals surface area contributed by atoms with Crippen LogP contribution in [0.15, 0.2) is 91.0 Å². The molecule has 0 fully saturated rings. The zero-order valence-electron chi connectivity index (χ0n) is 23.1. The van der Waals surface area contributed by atoms with Gasteiger partial charge in [-0.25, -0.2) is 0 Å². The first kappa shape index (κ1) is 22.2. The number of rotatable bonds is 4. The van der Waals surface area contributed by atoms with Gasteiger partial charge in [0.05, 0.1) is 0 Å². The van der Waals surface area contributed by atoms with Crippen molar-refractivity contribution in [2.75, 3.05) is 4.90 Å². The smallest absolute Gasteiger partial charge is 0.0454 e. The Kier molecular flexibility index (Phi) is 5.33. The summed E-state index contributed by atoms with van der Waals surface area (Å²) < 4.78 is 9.17. The minimum Gasteiger partial charge on any atom is -0.336 e. The minimum absolute atomic E-state index is 0.0964. The third-order valence-corrected chi connectivity index (χ3v) is 7.36. The molecule has 1 nitrogen and oxygen atoms in total. The lowest BCUT2D eigenvalue weighted by molar-refractivity contribution is 0.556. The zero-order valence-corrected chi connectivity index (χ0v) is 22.1. The average molecular weight is 461 g/mol. The van der Waals surface area contributed by atoms with Gasteiger partial charge in [-0.15, -0.1) is 0 Å². The highest BCUT2D eigenvalue weighted by Gasteiger charge is 2.37. The maximum atomic E-state index is 9.17. The maximum Gasteiger partial charge on any atom is 0.0454 e. The van der Waals surface area contributed by atoms with Crippen molar-refractivity contribution in [3.05, 3.63) is 108 Å². The molecule has 0 saturated heterocycles. The third-order valence-electron chi connectivity index (χ3n) is 7.36. The first-order chi connectivity index (χ1) is 16.9. The molecule has 0 atom stereocenters. The van der Waals surface area contributed by atoms with Gasteiger partial charge >= 0.3 is 0 Å². The van der Waals surface area contributed by atoms with Gasteiger partial charge in [-0.3, -0.25) is 0 Å². The topological polar surface area (TPSA) is 3.24 Å². The number of anilines is 2. The Morgan fingerprint density at radius 3 is 2.06 bits per heavy atom. The van der Waals surface area contributed by atoms with Crippen molar-refractivity contribution in [2.45, 2.75) is 65.3 Å². The van der Waals surface area contributed by atoms with E-state index in [1.165, 1.54) is 33.4 Å². The highest BCUT2D eigenvalue weighted by atomic mass is 15.2. The van der Waals surface area contributed by atoms with Gasteiger partial charge < -0.3 is 4.90 Å². The first-order valence-electron chi connectivity index (χ1n) is 13.1. The molecule has 5 rings (SSSR count). The zero-order chi connectivity index (χ0) is 25.9. The highest BCUT2D eigenvalue weighted by molar-refractivity contribution is 5.85. The molecule has 35 heavy (non-hydrogen) atoms. The molecule has 4 aromatic carbocycles. The molecular weight excluding hydrogens is 422 g/mol. The predicted octanol–water partition coefficient (Wildman–Crippen LogP) is 9.72. The molecule has 0 spiro atoms. The van der Waals surface area contributed by atoms with E-state index in [1.54, 1.807) is 0 Å². The van der Waals surface area contributed by atoms with E-state index < -0.39 is 5.89 Å². The Hall–Kier alpha value is -3.32. The molecule has 0 bridgehead atoms. The molecule has 4 aromatic rings. The van der Waals surface area contributed by atoms with Crippen LogP contribution in [0, 0.1) is 0 Å². The lowest BCUT2D eigenvalue weighted by Gasteiger charge is -2.40. The van der Waals surface area contributed by atoms with Crippen molar-refractivity contribution in [1.82, 2.24) is 0 Å². The molecule has 0 amide bonds. The van der Waals surface area contributed by atoms with E-state index in [2.05, 4.69) is 131 Å². The number of fused-ring (bicyclic) bond motifs is 3. The van der Waals surface area contributed by atoms with Crippen LogP contribution in [0.5, 0.6) is 0 Å². The summed E-state index contributed by atoms with van der Waals surface area (Å²) in [5.74, 6) is -0.757. The second-order valence-electron chi connectivity index (χ2n) is 11.5. The van der Waals surface area contributed by atoms with Gasteiger partial charge in [0.15, 0.2) is 0 Å². The van der Waals surface area contributed by atoms with Crippen molar-refractivity contribution in [1.29, 1.82) is 0 Å². The molecule has 0 N–H and O–H groups in total. The van der Waals surface area contributed by atoms with Gasteiger partial charge in [-0.1, -0.05) is 94.4 Å². The van der Waals surface area contributed by atoms with E-state index in [0.717, 1.165) is 16.9 Å². The second-order valence-corrected chi connectivity index (χ2v) is 11.5. The summed E-state index contributed by atoms with van der Waals surface area (Å²) in [5.41, 5.74) is 10.7. The SMILES string of the molecule is [2H]C(C)(C)c1cc2c(cc1N(c1cccc(-c3ccccc3)c1)C(C)(C)C)C(C)(C)c1ccccc1-2. The lowest BCUT2D eigenvalue weighted by Crippen LogP contribution is -2.38. The van der Waals surface area contributed by atoms with Crippen LogP contribution in [0.25, 0.3) is 22.3 Å². The third kappa shape index (κ3) is 3.97. The summed E-state index contributed by atoms with van der Waals surface area (Å²) >= 11 is 0. The Bertz CT molecular complexity index is 1420. The van der Waals surface area contributed by atoms with Crippen LogP contribution < -0.4 is 4.90 Å². The van der Waals surface area contributed by atoms with Gasteiger partial charge in [0.25, 0.3) is 0 Å². The molecule has 0 heterocycles. The summed E-state index contributed by atoms with van der Waals surface area (Å²) in [6.45, 7) is 15.4. The normalized spacial score (nSPS) is 14.8. The number of nitrogens with zero attached hydrogens (tertiary/aromatic N) is 1. The van der Waals surface area contributed by atoms with Crippen LogP contribution in [0.3, 0.4) is 0 Å². The van der Waals surface area contributed by atoms with Crippen molar-refractivity contribution < 1.29 is 1.37 Å². The summed E-state index contributed by atoms with van der Waals surface area (Å²) in [5, 5.41) is 0. The Labute approximate surface area is 212 Å². The molecular formula is C34H37N. The van der Waals surface area contributed by atoms with Crippen LogP contribution in [0.2, 0.25) is 0 Å². The van der Waals surface area contributed by atoms with Crippen LogP contribution in [-0.4, -0.2) is 5.54 Å². The summed E-state index contributed by atoms with van der Waals surface area (Å²) in [4.78, 5) is 2.43. The van der Waals surface area contributed by atoms with E-state index in [-0.39, 0.29) is 11.0 Å². The number of hydrogen-bond donors (Lipinski definition) is 0. The van der Waals surface area contributed by atoms with E-state index in [1.807, 2.05) is 13.8 Å². The fourth-order valence-electron chi connectivity index (χ4n) is 5.66. The first-order valence-corrected chi connectivity index (χ1v) is 12.6. The van der Waals surface area contributed by atoms with Crippen molar-refractivity contribution in [3.63, 3.8) is 0 Å². The second kappa shape index (κ2) is 8.41. The molecule has 1 aliphatic carbocycles. The number of hydrogen-bond acceptors (Lipinski definition) is 1. The van der Waals surface area contributed by atoms with E-state index in [0.29, 0.717) is 0 Å². The van der Waals surface area contributed by atoms with Crippen molar-refractivity contribution in [3.8, 4) is 22.3 Å². The molecule has 0 radical (unpaired) electrons. The average Bonchev–Trinajstić information content (AvgIpc) is 3.05. The summed E-state index contributed by atoms with van der Waals surface area (Å²) in [7, 11) is 0. The van der Waals surface area contributed by atoms with Crippen LogP contribution in [0.1, 0.15) is 72.4 Å². The quantitative estimate of drug-likeness (QED) is 0.293. The monoisotopic (exact) mass is 460 g/mol. The minimum atomic E-state index is -0.757. The van der Waals surface area contributed by atoms with E-state index in [9.17, 15) is 0 Å². The van der Waals surface area contributed by atoms with Gasteiger partial charge in [0, 0.05) is 23.7 Å². The molecule has 178 valence electrons. The van der Waals surface area contributed by atoms with Crippen LogP contribution in [-0.2, 0) is 5.41 Å². The summed E-state index contributed by atoms with van der Waals surface area (Å²) in [6.07, 6.45) is 0. The van der Waals surface area contributed by atoms with Gasteiger partial charge in [-0.2, -0.15) is 0 Å². The van der Waals surface area contributed by atoms with Crippen molar-refractivity contribution >= 4 is 11.4 Å². The Morgan fingerprint density at radius 2 is 1.37 bits per heavy atom. The molecule has 0 unspecified atom stereocenters. The van der Waals surface area contributed by atoms with Crippen LogP contribution >= 0.6 is 0 Å². The van der Waals surface area contributed by atoms with E-state index in [4.69, 9.17) is 1.37 Å². The van der Waals surface area contributed by atoms with Gasteiger partial charge in [-0.05, 0) is 89.9 Å². The molecule has 0 aromatic heterocycles. The highest BCUT2D eigenvalue weighted by Crippen LogP contribution is 2.52. The van der Waals surface area contributed by atoms with Crippen molar-refractivity contribution in [2.24, 2.45) is 0 Å². The van der Waals surface area contributed by atoms with E-state index >= 15 is 0 Å². The largest absolute Gasteiger partial charge is 0.336 e. The Balaban J connectivity index is 1.77. The molecule has 0 saturated carbocycles. The lowest BCUT2D eigenvalue weighted by atomic mass is 9.81. The fraction of sp³-hybridized carbons (Fsp3) is 0.294.